The number of esters is 2. The van der Waals surface area contributed by atoms with E-state index in [1.54, 1.807) is 26.1 Å². The normalized spacial score (nSPS) is 27.5. The van der Waals surface area contributed by atoms with Gasteiger partial charge in [0.15, 0.2) is 0 Å². The van der Waals surface area contributed by atoms with Gasteiger partial charge in [0.05, 0.1) is 30.7 Å². The summed E-state index contributed by atoms with van der Waals surface area (Å²) in [6.45, 7) is 4.06. The van der Waals surface area contributed by atoms with Crippen molar-refractivity contribution in [2.24, 2.45) is 11.8 Å². The van der Waals surface area contributed by atoms with Gasteiger partial charge in [-0.25, -0.2) is 4.79 Å². The van der Waals surface area contributed by atoms with Gasteiger partial charge in [-0.05, 0) is 104 Å². The number of nitrogens with one attached hydrogen (secondary N) is 2. The van der Waals surface area contributed by atoms with E-state index in [0.717, 1.165) is 11.1 Å². The Morgan fingerprint density at radius 1 is 0.934 bits per heavy atom. The van der Waals surface area contributed by atoms with Crippen molar-refractivity contribution in [2.45, 2.75) is 120 Å². The molecule has 1 saturated carbocycles. The minimum atomic E-state index is -1.62. The number of anilines is 1. The van der Waals surface area contributed by atoms with Crippen LogP contribution in [0, 0.1) is 23.7 Å². The van der Waals surface area contributed by atoms with Gasteiger partial charge in [0.1, 0.15) is 29.0 Å². The SMILES string of the molecule is CCCC1(O)C2CCC(=O)C(Cc3cccc(c3)CC(O)C=C3CC(c4cc(NCC(C)O)cc(C(O)CNC)c4)C#CC4CC(=O)Oc5cc(O)c(cc54)CC1OC3=O)C2. The average Bonchev–Trinajstić information content (AvgIpc) is 3.22. The number of hydrogen-bond acceptors (Lipinski definition) is 12. The molecule has 324 valence electrons. The first-order chi connectivity index (χ1) is 29.2. The zero-order valence-corrected chi connectivity index (χ0v) is 35.2. The highest BCUT2D eigenvalue weighted by molar-refractivity contribution is 5.89. The second kappa shape index (κ2) is 18.9. The van der Waals surface area contributed by atoms with Gasteiger partial charge >= 0.3 is 11.9 Å². The van der Waals surface area contributed by atoms with Crippen LogP contribution in [0.25, 0.3) is 0 Å². The molecule has 0 saturated heterocycles. The van der Waals surface area contributed by atoms with E-state index in [0.29, 0.717) is 53.6 Å². The number of aromatic hydroxyl groups is 1. The minimum absolute atomic E-state index is 0.0594. The fourth-order valence-electron chi connectivity index (χ4n) is 9.59. The molecule has 3 heterocycles. The molecule has 3 aromatic rings. The van der Waals surface area contributed by atoms with E-state index in [1.165, 1.54) is 12.1 Å². The first-order valence-electron chi connectivity index (χ1n) is 21.6. The van der Waals surface area contributed by atoms with Crippen molar-refractivity contribution in [1.82, 2.24) is 5.32 Å². The van der Waals surface area contributed by atoms with Crippen molar-refractivity contribution in [3.63, 3.8) is 0 Å². The van der Waals surface area contributed by atoms with E-state index in [9.17, 15) is 39.9 Å². The summed E-state index contributed by atoms with van der Waals surface area (Å²) in [4.78, 5) is 41.5. The van der Waals surface area contributed by atoms with Crippen LogP contribution in [0.3, 0.4) is 0 Å². The zero-order valence-electron chi connectivity index (χ0n) is 35.2. The number of ether oxygens (including phenoxy) is 2. The number of carbonyl (C=O) groups excluding carboxylic acids is 3. The standard InChI is InChI=1S/C49H58N2O10/c1-4-12-49(59)38-10-11-42(54)34(18-38)14-29-6-5-7-30(13-29)15-40(53)21-37-16-31(33-17-35(44(56)27-50-3)20-39(19-33)51-26-28(2)52)8-9-32-24-47(57)60-45-25-43(55)36(22-41(32)45)23-46(49)61-48(37)58/h5-7,13,17,19-22,25,28,31-32,34,38,40,44,46,50-53,55-56,59H,4,10-12,14-16,18,23-24,26-27H2,1-3H3. The lowest BCUT2D eigenvalue weighted by Crippen LogP contribution is -2.54. The summed E-state index contributed by atoms with van der Waals surface area (Å²) in [5.41, 5.74) is 2.97. The number of phenols is 1. The van der Waals surface area contributed by atoms with Gasteiger partial charge in [-0.2, -0.15) is 0 Å². The topological polar surface area (TPSA) is 195 Å². The van der Waals surface area contributed by atoms with Gasteiger partial charge < -0.3 is 45.6 Å². The fourth-order valence-corrected chi connectivity index (χ4v) is 9.59. The molecule has 1 fully saturated rings. The number of likely N-dealkylation sites (N-methyl/N-ethyl adjacent to an activating group) is 1. The van der Waals surface area contributed by atoms with Crippen LogP contribution in [0.4, 0.5) is 5.69 Å². The molecule has 8 bridgehead atoms. The van der Waals surface area contributed by atoms with Gasteiger partial charge in [0, 0.05) is 67.1 Å². The highest BCUT2D eigenvalue weighted by atomic mass is 16.6. The van der Waals surface area contributed by atoms with Crippen LogP contribution in [-0.2, 0) is 38.4 Å². The third-order valence-corrected chi connectivity index (χ3v) is 12.7. The maximum atomic E-state index is 15.0. The van der Waals surface area contributed by atoms with E-state index in [1.807, 2.05) is 43.3 Å². The van der Waals surface area contributed by atoms with Crippen LogP contribution in [-0.4, -0.2) is 87.3 Å². The molecule has 9 atom stereocenters. The largest absolute Gasteiger partial charge is 0.508 e. The number of hydrogen-bond donors (Lipinski definition) is 7. The number of Topliss-reactive ketones (excluding diaryl/α,β-unsaturated/α-hetero) is 1. The quantitative estimate of drug-likeness (QED) is 0.0861. The summed E-state index contributed by atoms with van der Waals surface area (Å²) >= 11 is 0. The van der Waals surface area contributed by atoms with Crippen LogP contribution in [0.1, 0.15) is 110 Å². The molecule has 0 amide bonds. The Morgan fingerprint density at radius 3 is 2.46 bits per heavy atom. The predicted octanol–water partition coefficient (Wildman–Crippen LogP) is 5.08. The van der Waals surface area contributed by atoms with Crippen molar-refractivity contribution in [3.05, 3.63) is 99.6 Å². The Kier molecular flexibility index (Phi) is 13.7. The first kappa shape index (κ1) is 44.0. The van der Waals surface area contributed by atoms with Crippen molar-refractivity contribution < 1.29 is 49.4 Å². The van der Waals surface area contributed by atoms with Crippen LogP contribution >= 0.6 is 0 Å². The van der Waals surface area contributed by atoms with Crippen molar-refractivity contribution in [1.29, 1.82) is 0 Å². The number of aliphatic hydroxyl groups is 4. The summed E-state index contributed by atoms with van der Waals surface area (Å²) in [7, 11) is 1.73. The minimum Gasteiger partial charge on any atom is -0.508 e. The lowest BCUT2D eigenvalue weighted by molar-refractivity contribution is -0.176. The lowest BCUT2D eigenvalue weighted by atomic mass is 9.66. The molecule has 7 rings (SSSR count). The van der Waals surface area contributed by atoms with Crippen LogP contribution in [0.15, 0.2) is 66.2 Å². The molecule has 12 heteroatoms. The maximum absolute atomic E-state index is 15.0. The van der Waals surface area contributed by atoms with E-state index >= 15 is 0 Å². The van der Waals surface area contributed by atoms with Crippen LogP contribution < -0.4 is 15.4 Å². The summed E-state index contributed by atoms with van der Waals surface area (Å²) < 4.78 is 12.1. The van der Waals surface area contributed by atoms with E-state index in [2.05, 4.69) is 22.5 Å². The van der Waals surface area contributed by atoms with E-state index in [-0.39, 0.29) is 80.4 Å². The molecule has 9 unspecified atom stereocenters. The van der Waals surface area contributed by atoms with E-state index < -0.39 is 59.7 Å². The monoisotopic (exact) mass is 834 g/mol. The summed E-state index contributed by atoms with van der Waals surface area (Å²) in [5.74, 6) is 3.24. The number of benzene rings is 3. The predicted molar refractivity (Wildman–Crippen MR) is 229 cm³/mol. The molecule has 0 aromatic heterocycles. The van der Waals surface area contributed by atoms with Crippen LogP contribution in [0.5, 0.6) is 11.5 Å². The molecule has 12 nitrogen and oxygen atoms in total. The number of rotatable bonds is 9. The Bertz CT molecular complexity index is 2220. The summed E-state index contributed by atoms with van der Waals surface area (Å²) in [5, 5.41) is 63.9. The van der Waals surface area contributed by atoms with Gasteiger partial charge in [-0.1, -0.05) is 55.5 Å². The molecular weight excluding hydrogens is 777 g/mol. The molecule has 0 spiro atoms. The fraction of sp³-hybridized carbons (Fsp3) is 0.490. The third kappa shape index (κ3) is 10.2. The van der Waals surface area contributed by atoms with E-state index in [4.69, 9.17) is 9.47 Å². The second-order valence-electron chi connectivity index (χ2n) is 17.4. The lowest BCUT2D eigenvalue weighted by Gasteiger charge is -2.45. The molecule has 4 aliphatic rings. The van der Waals surface area contributed by atoms with Crippen molar-refractivity contribution in [2.75, 3.05) is 25.5 Å². The highest BCUT2D eigenvalue weighted by Crippen LogP contribution is 2.45. The first-order valence-corrected chi connectivity index (χ1v) is 21.6. The van der Waals surface area contributed by atoms with Crippen molar-refractivity contribution >= 4 is 23.4 Å². The second-order valence-corrected chi connectivity index (χ2v) is 17.4. The maximum Gasteiger partial charge on any atom is 0.334 e. The smallest absolute Gasteiger partial charge is 0.334 e. The molecule has 3 aromatic carbocycles. The summed E-state index contributed by atoms with van der Waals surface area (Å²) in [6, 6.07) is 16.3. The number of phenolic OH excluding ortho intramolecular Hbond substituents is 1. The van der Waals surface area contributed by atoms with Gasteiger partial charge in [-0.3, -0.25) is 9.59 Å². The van der Waals surface area contributed by atoms with Crippen LogP contribution in [0.2, 0.25) is 0 Å². The van der Waals surface area contributed by atoms with Crippen molar-refractivity contribution in [3.8, 4) is 23.3 Å². The Morgan fingerprint density at radius 2 is 1.70 bits per heavy atom. The van der Waals surface area contributed by atoms with Gasteiger partial charge in [0.2, 0.25) is 0 Å². The van der Waals surface area contributed by atoms with Gasteiger partial charge in [0.25, 0.3) is 0 Å². The highest BCUT2D eigenvalue weighted by Gasteiger charge is 2.49. The Hall–Kier alpha value is -5.03. The van der Waals surface area contributed by atoms with Gasteiger partial charge in [-0.15, -0.1) is 0 Å². The molecule has 61 heavy (non-hydrogen) atoms. The number of fused-ring (bicyclic) bond motifs is 8. The Labute approximate surface area is 357 Å². The molecule has 0 radical (unpaired) electrons. The average molecular weight is 835 g/mol. The number of aliphatic hydroxyl groups excluding tert-OH is 3. The summed E-state index contributed by atoms with van der Waals surface area (Å²) in [6.07, 6.45) is -0.229. The third-order valence-electron chi connectivity index (χ3n) is 12.7. The number of ketones is 1. The molecule has 1 aliphatic carbocycles. The molecule has 3 aliphatic heterocycles. The number of carbonyl (C=O) groups is 3. The molecular formula is C49H58N2O10. The Balaban J connectivity index is 1.44. The molecule has 7 N–H and O–H groups in total. The zero-order chi connectivity index (χ0) is 43.4.